The lowest BCUT2D eigenvalue weighted by Gasteiger charge is -1.94. The van der Waals surface area contributed by atoms with Gasteiger partial charge >= 0.3 is 13.3 Å². The van der Waals surface area contributed by atoms with Gasteiger partial charge in [-0.1, -0.05) is 6.58 Å². The molecule has 44 valence electrons. The quantitative estimate of drug-likeness (QED) is 0.347. The third-order valence-corrected chi connectivity index (χ3v) is 0.388. The average molecular weight is 116 g/mol. The normalized spacial score (nSPS) is 7.75. The summed E-state index contributed by atoms with van der Waals surface area (Å²) in [6.07, 6.45) is 0.833. The topological polar surface area (TPSA) is 66.8 Å². The molecule has 0 aliphatic carbocycles. The molecule has 0 aromatic rings. The summed E-state index contributed by atoms with van der Waals surface area (Å²) in [5, 5.41) is 15.8. The summed E-state index contributed by atoms with van der Waals surface area (Å²) in [7, 11) is -2.04. The van der Waals surface area contributed by atoms with E-state index in [1.807, 2.05) is 0 Å². The predicted molar refractivity (Wildman–Crippen MR) is 26.5 cm³/mol. The summed E-state index contributed by atoms with van der Waals surface area (Å²) in [4.78, 5) is 9.96. The predicted octanol–water partition coefficient (Wildman–Crippen LogP) is -1.31. The van der Waals surface area contributed by atoms with Crippen LogP contribution in [-0.2, 0) is 9.45 Å². The molecule has 0 spiro atoms. The van der Waals surface area contributed by atoms with E-state index in [9.17, 15) is 4.79 Å². The van der Waals surface area contributed by atoms with Crippen LogP contribution in [0.5, 0.6) is 0 Å². The lowest BCUT2D eigenvalue weighted by molar-refractivity contribution is -0.131. The number of hydrogen-bond acceptors (Lipinski definition) is 4. The van der Waals surface area contributed by atoms with E-state index in [4.69, 9.17) is 10.0 Å². The van der Waals surface area contributed by atoms with Gasteiger partial charge in [-0.05, 0) is 0 Å². The number of hydrogen-bond donors (Lipinski definition) is 2. The molecule has 5 heteroatoms. The highest BCUT2D eigenvalue weighted by molar-refractivity contribution is 6.36. The van der Waals surface area contributed by atoms with Crippen molar-refractivity contribution in [3.8, 4) is 0 Å². The zero-order chi connectivity index (χ0) is 6.57. The Bertz CT molecular complexity index is 99.5. The van der Waals surface area contributed by atoms with Gasteiger partial charge in [0.15, 0.2) is 0 Å². The molecule has 0 atom stereocenters. The first kappa shape index (κ1) is 7.19. The van der Waals surface area contributed by atoms with Crippen molar-refractivity contribution >= 4 is 13.3 Å². The van der Waals surface area contributed by atoms with E-state index < -0.39 is 13.3 Å². The Morgan fingerprint density at radius 1 is 1.75 bits per heavy atom. The van der Waals surface area contributed by atoms with Gasteiger partial charge in [0.25, 0.3) is 0 Å². The highest BCUT2D eigenvalue weighted by Gasteiger charge is 2.12. The van der Waals surface area contributed by atoms with Crippen LogP contribution in [0.2, 0.25) is 0 Å². The Morgan fingerprint density at radius 2 is 2.25 bits per heavy atom. The van der Waals surface area contributed by atoms with Crippen molar-refractivity contribution < 1.29 is 19.5 Å². The summed E-state index contributed by atoms with van der Waals surface area (Å²) < 4.78 is 3.75. The lowest BCUT2D eigenvalue weighted by Crippen LogP contribution is -2.20. The van der Waals surface area contributed by atoms with Gasteiger partial charge in [0.1, 0.15) is 0 Å². The lowest BCUT2D eigenvalue weighted by atomic mass is 10.3. The molecule has 0 aromatic heterocycles. The van der Waals surface area contributed by atoms with Crippen molar-refractivity contribution in [3.63, 3.8) is 0 Å². The molecule has 0 aromatic carbocycles. The second-order valence-electron chi connectivity index (χ2n) is 0.967. The molecule has 0 bridgehead atoms. The van der Waals surface area contributed by atoms with Crippen molar-refractivity contribution in [2.75, 3.05) is 0 Å². The third-order valence-electron chi connectivity index (χ3n) is 0.388. The van der Waals surface area contributed by atoms with Crippen molar-refractivity contribution in [2.24, 2.45) is 0 Å². The summed E-state index contributed by atoms with van der Waals surface area (Å²) in [5.41, 5.74) is 0. The summed E-state index contributed by atoms with van der Waals surface area (Å²) >= 11 is 0. The molecule has 0 amide bonds. The highest BCUT2D eigenvalue weighted by atomic mass is 16.6. The Morgan fingerprint density at radius 3 is 2.38 bits per heavy atom. The third kappa shape index (κ3) is 3.39. The highest BCUT2D eigenvalue weighted by Crippen LogP contribution is 1.77. The minimum absolute atomic E-state index is 0.833. The van der Waals surface area contributed by atoms with E-state index in [2.05, 4.69) is 11.2 Å². The molecule has 0 saturated carbocycles. The molecule has 0 aliphatic rings. The summed E-state index contributed by atoms with van der Waals surface area (Å²) in [5.74, 6) is -0.861. The fourth-order valence-electron chi connectivity index (χ4n) is 0.152. The first-order chi connectivity index (χ1) is 3.66. The Hall–Kier alpha value is -0.805. The number of rotatable bonds is 2. The van der Waals surface area contributed by atoms with Gasteiger partial charge in [-0.15, -0.1) is 0 Å². The second kappa shape index (κ2) is 3.23. The van der Waals surface area contributed by atoms with Gasteiger partial charge in [-0.3, -0.25) is 0 Å². The van der Waals surface area contributed by atoms with Crippen molar-refractivity contribution in [2.45, 2.75) is 0 Å². The number of carbonyl (C=O) groups is 1. The van der Waals surface area contributed by atoms with Gasteiger partial charge in [-0.25, -0.2) is 4.79 Å². The van der Waals surface area contributed by atoms with Gasteiger partial charge in [0.05, 0.1) is 0 Å². The molecule has 0 heterocycles. The molecule has 0 saturated heterocycles. The maximum absolute atomic E-state index is 9.96. The molecular formula is C3H5BO4. The van der Waals surface area contributed by atoms with Crippen LogP contribution in [0.15, 0.2) is 12.7 Å². The monoisotopic (exact) mass is 116 g/mol. The van der Waals surface area contributed by atoms with Crippen LogP contribution in [0.4, 0.5) is 0 Å². The summed E-state index contributed by atoms with van der Waals surface area (Å²) in [6, 6.07) is 0. The second-order valence-corrected chi connectivity index (χ2v) is 0.967. The fourth-order valence-corrected chi connectivity index (χ4v) is 0.152. The van der Waals surface area contributed by atoms with Crippen LogP contribution >= 0.6 is 0 Å². The Kier molecular flexibility index (Phi) is 2.90. The molecule has 8 heavy (non-hydrogen) atoms. The molecule has 0 unspecified atom stereocenters. The maximum atomic E-state index is 9.96. The van der Waals surface area contributed by atoms with Crippen molar-refractivity contribution in [3.05, 3.63) is 12.7 Å². The van der Waals surface area contributed by atoms with Crippen molar-refractivity contribution in [1.29, 1.82) is 0 Å². The molecule has 2 N–H and O–H groups in total. The van der Waals surface area contributed by atoms with Crippen LogP contribution in [0.25, 0.3) is 0 Å². The fraction of sp³-hybridized carbons (Fsp3) is 0. The largest absolute Gasteiger partial charge is 0.709 e. The zero-order valence-corrected chi connectivity index (χ0v) is 4.07. The molecule has 0 rings (SSSR count). The molecule has 0 radical (unpaired) electrons. The number of carbonyl (C=O) groups excluding carboxylic acids is 1. The van der Waals surface area contributed by atoms with E-state index in [0.29, 0.717) is 0 Å². The van der Waals surface area contributed by atoms with Crippen LogP contribution < -0.4 is 0 Å². The van der Waals surface area contributed by atoms with Gasteiger partial charge in [0, 0.05) is 6.08 Å². The maximum Gasteiger partial charge on any atom is 0.709 e. The van der Waals surface area contributed by atoms with Crippen LogP contribution in [-0.4, -0.2) is 23.3 Å². The molecule has 0 aliphatic heterocycles. The first-order valence-corrected chi connectivity index (χ1v) is 1.86. The Labute approximate surface area is 46.6 Å². The van der Waals surface area contributed by atoms with Crippen molar-refractivity contribution in [1.82, 2.24) is 0 Å². The van der Waals surface area contributed by atoms with Gasteiger partial charge in [-0.2, -0.15) is 0 Å². The minimum atomic E-state index is -2.04. The molecule has 4 nitrogen and oxygen atoms in total. The van der Waals surface area contributed by atoms with Gasteiger partial charge in [0.2, 0.25) is 0 Å². The average Bonchev–Trinajstić information content (AvgIpc) is 1.65. The molecule has 0 fully saturated rings. The van der Waals surface area contributed by atoms with Gasteiger partial charge < -0.3 is 14.7 Å². The molecular weight excluding hydrogens is 111 g/mol. The van der Waals surface area contributed by atoms with Crippen LogP contribution in [0.1, 0.15) is 0 Å². The first-order valence-electron chi connectivity index (χ1n) is 1.86. The van der Waals surface area contributed by atoms with E-state index >= 15 is 0 Å². The van der Waals surface area contributed by atoms with E-state index in [-0.39, 0.29) is 0 Å². The summed E-state index contributed by atoms with van der Waals surface area (Å²) in [6.45, 7) is 3.02. The zero-order valence-electron chi connectivity index (χ0n) is 4.07. The van der Waals surface area contributed by atoms with Crippen LogP contribution in [0.3, 0.4) is 0 Å². The SMILES string of the molecule is C=CC(=O)OB(O)O. The minimum Gasteiger partial charge on any atom is -0.482 e. The standard InChI is InChI=1S/C3H5BO4/c1-2-3(5)8-4(6)7/h2,6-7H,1H2. The van der Waals surface area contributed by atoms with E-state index in [1.54, 1.807) is 0 Å². The van der Waals surface area contributed by atoms with E-state index in [1.165, 1.54) is 0 Å². The smallest absolute Gasteiger partial charge is 0.482 e. The van der Waals surface area contributed by atoms with E-state index in [0.717, 1.165) is 6.08 Å². The van der Waals surface area contributed by atoms with Crippen LogP contribution in [0, 0.1) is 0 Å². The Balaban J connectivity index is 3.39.